The lowest BCUT2D eigenvalue weighted by atomic mass is 10.2. The van der Waals surface area contributed by atoms with Crippen molar-refractivity contribution in [3.63, 3.8) is 0 Å². The molecule has 0 saturated heterocycles. The van der Waals surface area contributed by atoms with Crippen LogP contribution in [0.2, 0.25) is 0 Å². The molecule has 0 aliphatic rings. The number of benzene rings is 1. The average Bonchev–Trinajstić information content (AvgIpc) is 2.41. The fraction of sp³-hybridized carbons (Fsp3) is 0.154. The van der Waals surface area contributed by atoms with Crippen LogP contribution in [0.5, 0.6) is 0 Å². The van der Waals surface area contributed by atoms with Crippen molar-refractivity contribution in [2.45, 2.75) is 6.92 Å². The van der Waals surface area contributed by atoms with E-state index in [9.17, 15) is 0 Å². The lowest BCUT2D eigenvalue weighted by Crippen LogP contribution is -2.23. The number of para-hydroxylation sites is 1. The highest BCUT2D eigenvalue weighted by Gasteiger charge is 2.14. The van der Waals surface area contributed by atoms with Crippen molar-refractivity contribution in [2.75, 3.05) is 11.4 Å². The predicted molar refractivity (Wildman–Crippen MR) is 77.0 cm³/mol. The van der Waals surface area contributed by atoms with E-state index >= 15 is 0 Å². The summed E-state index contributed by atoms with van der Waals surface area (Å²) in [7, 11) is 0. The van der Waals surface area contributed by atoms with Crippen molar-refractivity contribution in [1.82, 2.24) is 10.2 Å². The van der Waals surface area contributed by atoms with E-state index in [4.69, 9.17) is 18.0 Å². The number of rotatable bonds is 4. The number of nitrogens with two attached hydrogens (primary N) is 1. The number of hydrogen-bond donors (Lipinski definition) is 1. The van der Waals surface area contributed by atoms with E-state index in [1.54, 1.807) is 12.3 Å². The zero-order valence-corrected chi connectivity index (χ0v) is 10.9. The second-order valence-electron chi connectivity index (χ2n) is 3.71. The predicted octanol–water partition coefficient (Wildman–Crippen LogP) is 2.27. The minimum Gasteiger partial charge on any atom is -0.389 e. The van der Waals surface area contributed by atoms with E-state index in [-0.39, 0.29) is 0 Å². The molecule has 2 aromatic rings. The molecule has 4 nitrogen and oxygen atoms in total. The zero-order chi connectivity index (χ0) is 13.0. The van der Waals surface area contributed by atoms with Gasteiger partial charge in [-0.1, -0.05) is 30.4 Å². The standard InChI is InChI=1S/C13H14N4S/c1-2-17(10-6-4-3-5-7-10)13-11(12(14)18)8-9-15-16-13/h3-9H,2H2,1H3,(H2,14,18). The van der Waals surface area contributed by atoms with Crippen molar-refractivity contribution in [3.05, 3.63) is 48.2 Å². The molecule has 0 unspecified atom stereocenters. The summed E-state index contributed by atoms with van der Waals surface area (Å²) < 4.78 is 0. The van der Waals surface area contributed by atoms with Gasteiger partial charge in [0.15, 0.2) is 5.82 Å². The maximum atomic E-state index is 5.72. The van der Waals surface area contributed by atoms with Crippen molar-refractivity contribution >= 4 is 28.7 Å². The fourth-order valence-electron chi connectivity index (χ4n) is 1.78. The first-order valence-electron chi connectivity index (χ1n) is 5.68. The van der Waals surface area contributed by atoms with Gasteiger partial charge in [-0.15, -0.1) is 5.10 Å². The highest BCUT2D eigenvalue weighted by molar-refractivity contribution is 7.80. The van der Waals surface area contributed by atoms with Gasteiger partial charge >= 0.3 is 0 Å². The fourth-order valence-corrected chi connectivity index (χ4v) is 1.94. The van der Waals surface area contributed by atoms with Crippen LogP contribution in [0.4, 0.5) is 11.5 Å². The van der Waals surface area contributed by atoms with Crippen LogP contribution in [0.25, 0.3) is 0 Å². The number of thiocarbonyl (C=S) groups is 1. The third-order valence-corrected chi connectivity index (χ3v) is 2.83. The highest BCUT2D eigenvalue weighted by atomic mass is 32.1. The van der Waals surface area contributed by atoms with E-state index in [2.05, 4.69) is 10.2 Å². The molecule has 0 aliphatic heterocycles. The second-order valence-corrected chi connectivity index (χ2v) is 4.15. The minimum atomic E-state index is 0.328. The second kappa shape index (κ2) is 5.55. The van der Waals surface area contributed by atoms with Gasteiger partial charge in [-0.3, -0.25) is 0 Å². The van der Waals surface area contributed by atoms with Crippen molar-refractivity contribution < 1.29 is 0 Å². The van der Waals surface area contributed by atoms with Crippen molar-refractivity contribution in [1.29, 1.82) is 0 Å². The first-order valence-corrected chi connectivity index (χ1v) is 6.09. The molecule has 0 saturated carbocycles. The van der Waals surface area contributed by atoms with Crippen LogP contribution in [-0.4, -0.2) is 21.7 Å². The van der Waals surface area contributed by atoms with E-state index in [1.807, 2.05) is 42.2 Å². The lowest BCUT2D eigenvalue weighted by Gasteiger charge is -2.23. The van der Waals surface area contributed by atoms with Gasteiger partial charge in [0.2, 0.25) is 0 Å². The van der Waals surface area contributed by atoms with Gasteiger partial charge in [-0.25, -0.2) is 0 Å². The normalized spacial score (nSPS) is 10.1. The van der Waals surface area contributed by atoms with Crippen molar-refractivity contribution in [3.8, 4) is 0 Å². The van der Waals surface area contributed by atoms with Gasteiger partial charge in [-0.05, 0) is 25.1 Å². The Labute approximate surface area is 111 Å². The molecule has 2 N–H and O–H groups in total. The molecule has 1 heterocycles. The van der Waals surface area contributed by atoms with Gasteiger partial charge < -0.3 is 10.6 Å². The summed E-state index contributed by atoms with van der Waals surface area (Å²) in [5.74, 6) is 0.693. The molecule has 0 aliphatic carbocycles. The molecule has 0 fully saturated rings. The van der Waals surface area contributed by atoms with Gasteiger partial charge in [0.25, 0.3) is 0 Å². The maximum absolute atomic E-state index is 5.72. The summed E-state index contributed by atoms with van der Waals surface area (Å²) in [5, 5.41) is 8.07. The Hall–Kier alpha value is -2.01. The minimum absolute atomic E-state index is 0.328. The average molecular weight is 258 g/mol. The number of nitrogens with zero attached hydrogens (tertiary/aromatic N) is 3. The lowest BCUT2D eigenvalue weighted by molar-refractivity contribution is 0.929. The third-order valence-electron chi connectivity index (χ3n) is 2.61. The monoisotopic (exact) mass is 258 g/mol. The summed E-state index contributed by atoms with van der Waals surface area (Å²) in [5.41, 5.74) is 7.50. The van der Waals surface area contributed by atoms with Crippen LogP contribution in [0.1, 0.15) is 12.5 Å². The molecule has 5 heteroatoms. The molecule has 0 radical (unpaired) electrons. The Kier molecular flexibility index (Phi) is 3.84. The molecule has 92 valence electrons. The van der Waals surface area contributed by atoms with E-state index in [0.717, 1.165) is 17.8 Å². The van der Waals surface area contributed by atoms with E-state index in [1.165, 1.54) is 0 Å². The van der Waals surface area contributed by atoms with Crippen LogP contribution >= 0.6 is 12.2 Å². The van der Waals surface area contributed by atoms with Crippen LogP contribution in [-0.2, 0) is 0 Å². The molecule has 0 atom stereocenters. The summed E-state index contributed by atoms with van der Waals surface area (Å²) in [6, 6.07) is 11.8. The van der Waals surface area contributed by atoms with Crippen LogP contribution < -0.4 is 10.6 Å². The van der Waals surface area contributed by atoms with Crippen molar-refractivity contribution in [2.24, 2.45) is 5.73 Å². The topological polar surface area (TPSA) is 55.0 Å². The Morgan fingerprint density at radius 2 is 2.00 bits per heavy atom. The molecule has 0 bridgehead atoms. The quantitative estimate of drug-likeness (QED) is 0.853. The van der Waals surface area contributed by atoms with E-state index < -0.39 is 0 Å². The molecule has 0 amide bonds. The SMILES string of the molecule is CCN(c1ccccc1)c1nnccc1C(N)=S. The largest absolute Gasteiger partial charge is 0.389 e. The Morgan fingerprint density at radius 3 is 2.61 bits per heavy atom. The summed E-state index contributed by atoms with van der Waals surface area (Å²) >= 11 is 5.05. The summed E-state index contributed by atoms with van der Waals surface area (Å²) in [6.07, 6.45) is 1.59. The molecule has 0 spiro atoms. The first kappa shape index (κ1) is 12.4. The Balaban J connectivity index is 2.49. The molecule has 2 rings (SSSR count). The molecular weight excluding hydrogens is 244 g/mol. The first-order chi connectivity index (χ1) is 8.74. The van der Waals surface area contributed by atoms with Gasteiger partial charge in [0.1, 0.15) is 4.99 Å². The van der Waals surface area contributed by atoms with Gasteiger partial charge in [0.05, 0.1) is 11.8 Å². The van der Waals surface area contributed by atoms with Gasteiger partial charge in [0, 0.05) is 12.2 Å². The highest BCUT2D eigenvalue weighted by Crippen LogP contribution is 2.25. The van der Waals surface area contributed by atoms with Crippen LogP contribution in [0, 0.1) is 0 Å². The van der Waals surface area contributed by atoms with Crippen LogP contribution in [0.3, 0.4) is 0 Å². The number of aromatic nitrogens is 2. The number of anilines is 2. The Bertz CT molecular complexity index is 542. The number of hydrogen-bond acceptors (Lipinski definition) is 4. The molecule has 1 aromatic carbocycles. The molecular formula is C13H14N4S. The third kappa shape index (κ3) is 2.46. The maximum Gasteiger partial charge on any atom is 0.165 e. The summed E-state index contributed by atoms with van der Waals surface area (Å²) in [4.78, 5) is 2.36. The smallest absolute Gasteiger partial charge is 0.165 e. The van der Waals surface area contributed by atoms with Crippen LogP contribution in [0.15, 0.2) is 42.6 Å². The van der Waals surface area contributed by atoms with Gasteiger partial charge in [-0.2, -0.15) is 5.10 Å². The summed E-state index contributed by atoms with van der Waals surface area (Å²) in [6.45, 7) is 2.81. The van der Waals surface area contributed by atoms with E-state index in [0.29, 0.717) is 10.8 Å². The zero-order valence-electron chi connectivity index (χ0n) is 10.1. The molecule has 18 heavy (non-hydrogen) atoms. The Morgan fingerprint density at radius 1 is 1.28 bits per heavy atom. The molecule has 1 aromatic heterocycles.